The normalized spacial score (nSPS) is 10.3. The summed E-state index contributed by atoms with van der Waals surface area (Å²) in [6.45, 7) is 4.02. The Balaban J connectivity index is 2.01. The van der Waals surface area contributed by atoms with Gasteiger partial charge in [0.2, 0.25) is 0 Å². The second-order valence-electron chi connectivity index (χ2n) is 4.06. The first-order valence-corrected chi connectivity index (χ1v) is 5.74. The molecular formula is C12H15N5O2. The molecule has 19 heavy (non-hydrogen) atoms. The maximum absolute atomic E-state index is 11.9. The molecule has 7 heteroatoms. The number of rotatable bonds is 4. The number of amides is 1. The summed E-state index contributed by atoms with van der Waals surface area (Å²) in [5, 5.41) is 6.62. The number of nitrogens with one attached hydrogen (secondary N) is 2. The molecule has 2 heterocycles. The van der Waals surface area contributed by atoms with Gasteiger partial charge in [-0.2, -0.15) is 0 Å². The molecule has 0 atom stereocenters. The zero-order valence-corrected chi connectivity index (χ0v) is 10.7. The first kappa shape index (κ1) is 13.0. The molecule has 0 aromatic carbocycles. The molecule has 2 aromatic heterocycles. The average Bonchev–Trinajstić information content (AvgIpc) is 2.75. The molecule has 100 valence electrons. The molecule has 0 saturated heterocycles. The van der Waals surface area contributed by atoms with Crippen LogP contribution in [-0.4, -0.2) is 16.0 Å². The standard InChI is InChI=1S/C12H15N5O2/c1-7-10(8(2)19-17-7)6-15-12(18)9-3-4-11(16-13)14-5-9/h3-5H,6,13H2,1-2H3,(H,14,16)(H,15,18). The molecule has 0 aliphatic carbocycles. The van der Waals surface area contributed by atoms with Crippen LogP contribution in [0.2, 0.25) is 0 Å². The van der Waals surface area contributed by atoms with E-state index < -0.39 is 0 Å². The minimum Gasteiger partial charge on any atom is -0.361 e. The molecule has 1 amide bonds. The summed E-state index contributed by atoms with van der Waals surface area (Å²) < 4.78 is 5.03. The highest BCUT2D eigenvalue weighted by Crippen LogP contribution is 2.12. The molecule has 0 aliphatic heterocycles. The summed E-state index contributed by atoms with van der Waals surface area (Å²) in [4.78, 5) is 15.9. The highest BCUT2D eigenvalue weighted by molar-refractivity contribution is 5.94. The molecule has 0 bridgehead atoms. The molecule has 2 aromatic rings. The Bertz CT molecular complexity index is 557. The second kappa shape index (κ2) is 5.49. The molecule has 0 aliphatic rings. The summed E-state index contributed by atoms with van der Waals surface area (Å²) in [5.41, 5.74) is 4.53. The number of hydrogen-bond donors (Lipinski definition) is 3. The number of pyridine rings is 1. The third kappa shape index (κ3) is 2.89. The van der Waals surface area contributed by atoms with Gasteiger partial charge in [-0.3, -0.25) is 4.79 Å². The average molecular weight is 261 g/mol. The van der Waals surface area contributed by atoms with Crippen LogP contribution in [0, 0.1) is 13.8 Å². The van der Waals surface area contributed by atoms with E-state index in [9.17, 15) is 4.79 Å². The highest BCUT2D eigenvalue weighted by Gasteiger charge is 2.11. The van der Waals surface area contributed by atoms with E-state index in [-0.39, 0.29) is 5.91 Å². The Morgan fingerprint density at radius 3 is 2.74 bits per heavy atom. The van der Waals surface area contributed by atoms with Gasteiger partial charge in [0.15, 0.2) is 0 Å². The van der Waals surface area contributed by atoms with Crippen LogP contribution in [0.4, 0.5) is 5.82 Å². The molecule has 0 spiro atoms. The summed E-state index contributed by atoms with van der Waals surface area (Å²) in [6, 6.07) is 3.27. The molecule has 2 rings (SSSR count). The van der Waals surface area contributed by atoms with E-state index in [0.29, 0.717) is 23.7 Å². The van der Waals surface area contributed by atoms with Crippen molar-refractivity contribution < 1.29 is 9.32 Å². The second-order valence-corrected chi connectivity index (χ2v) is 4.06. The largest absolute Gasteiger partial charge is 0.361 e. The van der Waals surface area contributed by atoms with Gasteiger partial charge in [0.05, 0.1) is 11.3 Å². The van der Waals surface area contributed by atoms with Gasteiger partial charge in [0.25, 0.3) is 5.91 Å². The lowest BCUT2D eigenvalue weighted by Crippen LogP contribution is -2.23. The van der Waals surface area contributed by atoms with Gasteiger partial charge >= 0.3 is 0 Å². The summed E-state index contributed by atoms with van der Waals surface area (Å²) >= 11 is 0. The van der Waals surface area contributed by atoms with Gasteiger partial charge in [0.1, 0.15) is 11.6 Å². The summed E-state index contributed by atoms with van der Waals surface area (Å²) in [5.74, 6) is 6.20. The Hall–Kier alpha value is -2.41. The minimum atomic E-state index is -0.212. The molecule has 0 radical (unpaired) electrons. The molecule has 0 fully saturated rings. The van der Waals surface area contributed by atoms with Gasteiger partial charge in [-0.1, -0.05) is 5.16 Å². The van der Waals surface area contributed by atoms with Gasteiger partial charge < -0.3 is 15.3 Å². The van der Waals surface area contributed by atoms with Crippen LogP contribution in [0.1, 0.15) is 27.4 Å². The van der Waals surface area contributed by atoms with E-state index >= 15 is 0 Å². The molecule has 7 nitrogen and oxygen atoms in total. The number of nitrogens with zero attached hydrogens (tertiary/aromatic N) is 2. The fourth-order valence-electron chi connectivity index (χ4n) is 1.64. The van der Waals surface area contributed by atoms with Gasteiger partial charge in [-0.05, 0) is 26.0 Å². The summed E-state index contributed by atoms with van der Waals surface area (Å²) in [6.07, 6.45) is 1.46. The number of hydrazine groups is 1. The van der Waals surface area contributed by atoms with Gasteiger partial charge in [-0.25, -0.2) is 10.8 Å². The monoisotopic (exact) mass is 261 g/mol. The summed E-state index contributed by atoms with van der Waals surface area (Å²) in [7, 11) is 0. The SMILES string of the molecule is Cc1noc(C)c1CNC(=O)c1ccc(NN)nc1. The number of anilines is 1. The van der Waals surface area contributed by atoms with Gasteiger partial charge in [-0.15, -0.1) is 0 Å². The smallest absolute Gasteiger partial charge is 0.253 e. The topological polar surface area (TPSA) is 106 Å². The van der Waals surface area contributed by atoms with Crippen molar-refractivity contribution in [2.24, 2.45) is 5.84 Å². The molecular weight excluding hydrogens is 246 g/mol. The maximum Gasteiger partial charge on any atom is 0.253 e. The first-order valence-electron chi connectivity index (χ1n) is 5.74. The third-order valence-corrected chi connectivity index (χ3v) is 2.78. The number of hydrogen-bond acceptors (Lipinski definition) is 6. The van der Waals surface area contributed by atoms with Crippen molar-refractivity contribution in [2.75, 3.05) is 5.43 Å². The third-order valence-electron chi connectivity index (χ3n) is 2.78. The van der Waals surface area contributed by atoms with Crippen molar-refractivity contribution in [1.82, 2.24) is 15.5 Å². The van der Waals surface area contributed by atoms with E-state index in [2.05, 4.69) is 20.9 Å². The lowest BCUT2D eigenvalue weighted by atomic mass is 10.2. The lowest BCUT2D eigenvalue weighted by molar-refractivity contribution is 0.0950. The van der Waals surface area contributed by atoms with Crippen molar-refractivity contribution in [3.63, 3.8) is 0 Å². The van der Waals surface area contributed by atoms with Crippen LogP contribution < -0.4 is 16.6 Å². The van der Waals surface area contributed by atoms with Crippen LogP contribution in [0.15, 0.2) is 22.9 Å². The van der Waals surface area contributed by atoms with Crippen LogP contribution in [0.5, 0.6) is 0 Å². The van der Waals surface area contributed by atoms with Crippen molar-refractivity contribution in [3.05, 3.63) is 40.9 Å². The molecule has 0 unspecified atom stereocenters. The number of aromatic nitrogens is 2. The van der Waals surface area contributed by atoms with Crippen molar-refractivity contribution in [3.8, 4) is 0 Å². The van der Waals surface area contributed by atoms with E-state index in [4.69, 9.17) is 10.4 Å². The Labute approximate surface area is 110 Å². The van der Waals surface area contributed by atoms with E-state index in [0.717, 1.165) is 11.3 Å². The first-order chi connectivity index (χ1) is 9.11. The number of nitrogen functional groups attached to an aromatic ring is 1. The molecule has 0 saturated carbocycles. The van der Waals surface area contributed by atoms with Crippen LogP contribution >= 0.6 is 0 Å². The lowest BCUT2D eigenvalue weighted by Gasteiger charge is -2.05. The Morgan fingerprint density at radius 1 is 1.42 bits per heavy atom. The van der Waals surface area contributed by atoms with E-state index in [1.54, 1.807) is 12.1 Å². The predicted molar refractivity (Wildman–Crippen MR) is 69.2 cm³/mol. The zero-order chi connectivity index (χ0) is 13.8. The fourth-order valence-corrected chi connectivity index (χ4v) is 1.64. The zero-order valence-electron chi connectivity index (χ0n) is 10.7. The van der Waals surface area contributed by atoms with Crippen molar-refractivity contribution in [1.29, 1.82) is 0 Å². The fraction of sp³-hybridized carbons (Fsp3) is 0.250. The number of nitrogens with two attached hydrogens (primary N) is 1. The maximum atomic E-state index is 11.9. The van der Waals surface area contributed by atoms with Gasteiger partial charge in [0, 0.05) is 18.3 Å². The molecule has 4 N–H and O–H groups in total. The Morgan fingerprint density at radius 2 is 2.21 bits per heavy atom. The van der Waals surface area contributed by atoms with Crippen molar-refractivity contribution in [2.45, 2.75) is 20.4 Å². The van der Waals surface area contributed by atoms with E-state index in [1.807, 2.05) is 13.8 Å². The Kier molecular flexibility index (Phi) is 3.76. The minimum absolute atomic E-state index is 0.212. The number of aryl methyl sites for hydroxylation is 2. The van der Waals surface area contributed by atoms with Crippen LogP contribution in [-0.2, 0) is 6.54 Å². The number of carbonyl (C=O) groups is 1. The predicted octanol–water partition coefficient (Wildman–Crippen LogP) is 0.902. The van der Waals surface area contributed by atoms with Crippen LogP contribution in [0.25, 0.3) is 0 Å². The van der Waals surface area contributed by atoms with Crippen LogP contribution in [0.3, 0.4) is 0 Å². The van der Waals surface area contributed by atoms with Crippen molar-refractivity contribution >= 4 is 11.7 Å². The quantitative estimate of drug-likeness (QED) is 0.557. The van der Waals surface area contributed by atoms with E-state index in [1.165, 1.54) is 6.20 Å². The highest BCUT2D eigenvalue weighted by atomic mass is 16.5. The number of carbonyl (C=O) groups excluding carboxylic acids is 1.